The van der Waals surface area contributed by atoms with E-state index in [-0.39, 0.29) is 139 Å². The lowest BCUT2D eigenvalue weighted by Gasteiger charge is -2.43. The second-order valence-corrected chi connectivity index (χ2v) is 32.7. The summed E-state index contributed by atoms with van der Waals surface area (Å²) in [5.41, 5.74) is -0.974. The van der Waals surface area contributed by atoms with E-state index >= 15 is 0 Å². The Morgan fingerprint density at radius 3 is 1.17 bits per heavy atom. The number of carbonyl (C=O) groups excluding carboxylic acids is 3. The van der Waals surface area contributed by atoms with E-state index in [4.69, 9.17) is 61.3 Å². The minimum atomic E-state index is -2.17. The molecule has 5 aliphatic rings. The number of benzene rings is 11. The predicted octanol–water partition coefficient (Wildman–Crippen LogP) is 5.91. The van der Waals surface area contributed by atoms with Crippen LogP contribution in [0.25, 0.3) is 22.3 Å². The van der Waals surface area contributed by atoms with E-state index in [2.05, 4.69) is 0 Å². The van der Waals surface area contributed by atoms with Crippen LogP contribution in [0.1, 0.15) is 89.7 Å². The van der Waals surface area contributed by atoms with Crippen molar-refractivity contribution in [2.75, 3.05) is 20.8 Å². The van der Waals surface area contributed by atoms with Crippen LogP contribution in [0.3, 0.4) is 0 Å². The highest BCUT2D eigenvalue weighted by Gasteiger charge is 2.52. The third kappa shape index (κ3) is 21.1. The number of aliphatic hydroxyl groups excluding tert-OH is 6. The number of esters is 3. The maximum Gasteiger partial charge on any atom is 0.339 e. The quantitative estimate of drug-likeness (QED) is 0.0286. The predicted molar refractivity (Wildman–Crippen MR) is 475 cm³/mol. The minimum Gasteiger partial charge on any atom is -0.508 e. The summed E-state index contributed by atoms with van der Waals surface area (Å²) in [4.78, 5) is 53.0. The number of methoxy groups -OCH3 is 2. The fourth-order valence-corrected chi connectivity index (χ4v) is 15.7. The molecule has 31 N–H and O–H groups in total. The Hall–Kier alpha value is -17.5. The summed E-state index contributed by atoms with van der Waals surface area (Å²) in [5, 5.41) is 309. The lowest BCUT2D eigenvalue weighted by atomic mass is 9.93. The molecule has 0 radical (unpaired) electrons. The fourth-order valence-electron chi connectivity index (χ4n) is 15.7. The summed E-state index contributed by atoms with van der Waals surface area (Å²) in [7, 11) is 2.42. The Bertz CT molecular complexity index is 6840. The van der Waals surface area contributed by atoms with Gasteiger partial charge in [0.1, 0.15) is 129 Å². The van der Waals surface area contributed by atoms with E-state index in [1.165, 1.54) is 93.9 Å². The van der Waals surface area contributed by atoms with Crippen LogP contribution in [-0.4, -0.2) is 277 Å². The molecule has 2 fully saturated rings. The van der Waals surface area contributed by atoms with Crippen LogP contribution >= 0.6 is 0 Å². The molecule has 17 rings (SSSR count). The molecule has 143 heavy (non-hydrogen) atoms. The molecule has 0 spiro atoms. The molecule has 0 aliphatic carbocycles. The Morgan fingerprint density at radius 2 is 0.741 bits per heavy atom. The van der Waals surface area contributed by atoms with Crippen molar-refractivity contribution in [3.63, 3.8) is 0 Å². The third-order valence-corrected chi connectivity index (χ3v) is 23.0. The van der Waals surface area contributed by atoms with Crippen molar-refractivity contribution in [1.82, 2.24) is 0 Å². The van der Waals surface area contributed by atoms with E-state index in [1.54, 1.807) is 0 Å². The van der Waals surface area contributed by atoms with Gasteiger partial charge in [0.25, 0.3) is 0 Å². The lowest BCUT2D eigenvalue weighted by molar-refractivity contribution is -0.318. The largest absolute Gasteiger partial charge is 0.508 e. The van der Waals surface area contributed by atoms with E-state index in [9.17, 15) is 177 Å². The summed E-state index contributed by atoms with van der Waals surface area (Å²) >= 11 is 0. The van der Waals surface area contributed by atoms with Crippen LogP contribution in [0.2, 0.25) is 0 Å². The normalized spacial score (nSPS) is 21.8. The number of aromatic hydroxyl groups is 25. The van der Waals surface area contributed by atoms with Gasteiger partial charge in [-0.3, -0.25) is 4.79 Å². The smallest absolute Gasteiger partial charge is 0.339 e. The van der Waals surface area contributed by atoms with Crippen LogP contribution in [0, 0.1) is 0 Å². The highest BCUT2D eigenvalue weighted by atomic mass is 16.7. The molecule has 12 aromatic rings. The Morgan fingerprint density at radius 1 is 0.357 bits per heavy atom. The molecule has 0 saturated carbocycles. The zero-order valence-corrected chi connectivity index (χ0v) is 73.7. The van der Waals surface area contributed by atoms with Crippen molar-refractivity contribution >= 4 is 28.9 Å². The summed E-state index contributed by atoms with van der Waals surface area (Å²) in [6.07, 6.45) is -23.9. The molecule has 1 aromatic heterocycles. The first-order valence-corrected chi connectivity index (χ1v) is 42.1. The van der Waals surface area contributed by atoms with Crippen molar-refractivity contribution in [2.24, 2.45) is 0 Å². The molecular weight excluding hydrogens is 1910 g/mol. The van der Waals surface area contributed by atoms with E-state index in [1.807, 2.05) is 0 Å². The number of phenols is 25. The first kappa shape index (κ1) is 101. The van der Waals surface area contributed by atoms with Crippen LogP contribution in [0.4, 0.5) is 0 Å². The molecule has 48 heteroatoms. The average Bonchev–Trinajstić information content (AvgIpc) is 0.744. The summed E-state index contributed by atoms with van der Waals surface area (Å²) in [6.45, 7) is 0.634. The van der Waals surface area contributed by atoms with Crippen molar-refractivity contribution in [2.45, 2.75) is 124 Å². The first-order valence-electron chi connectivity index (χ1n) is 42.1. The third-order valence-electron chi connectivity index (χ3n) is 23.0. The number of hydrogen-bond acceptors (Lipinski definition) is 48. The second-order valence-electron chi connectivity index (χ2n) is 32.7. The Kier molecular flexibility index (Phi) is 29.0. The van der Waals surface area contributed by atoms with Gasteiger partial charge in [0, 0.05) is 101 Å². The molecule has 11 aromatic carbocycles. The number of ether oxygens (including phenoxy) is 12. The molecule has 4 unspecified atom stereocenters. The summed E-state index contributed by atoms with van der Waals surface area (Å²) in [5.74, 6) is -18.7. The first-order chi connectivity index (χ1) is 67.6. The van der Waals surface area contributed by atoms with Gasteiger partial charge in [-0.05, 0) is 97.4 Å². The van der Waals surface area contributed by atoms with Gasteiger partial charge in [0.2, 0.25) is 23.2 Å². The molecule has 0 amide bonds. The molecule has 6 heterocycles. The van der Waals surface area contributed by atoms with E-state index in [0.29, 0.717) is 28.8 Å². The number of rotatable bonds is 17. The topological polar surface area (TPSA) is 819 Å². The number of fused-ring (bicyclic) bond motifs is 4. The zero-order valence-electron chi connectivity index (χ0n) is 73.7. The van der Waals surface area contributed by atoms with Crippen molar-refractivity contribution < 1.29 is 234 Å². The number of hydrogen-bond donors (Lipinski definition) is 31. The molecular formula is C95H88O48. The SMILES string of the molecule is COc1cc(-c2oc3cc(O)cc(O)c3c(=O)c2O[C@H]2OC(CO[C@@H]3OC(C)[C@H](O)C(O)[C@@H]3O)[C@H](O)C(O)[C@H]2OC(=O)c2cc(O)c(O)c(O)c2)cc(OC)c1O.O=C(O[C@@H]1Cc2c(O)cc(O)cc2O[C@@H]1c1cc(O)c(O)c(O)c1)c1cc(O)c(O)c(O)c1.O=C(O[C@H]1Cc2c(O)cc(O)cc2O[C@@H]1c1ccc(O)c(O)c1)c1cc(O)c(O)c(O)c1.Oc1cc(O)c2c(c1)O[C@H](c1ccc(O)c(O)c1)[C@@H](O)C2. The van der Waals surface area contributed by atoms with Crippen molar-refractivity contribution in [3.05, 3.63) is 206 Å². The van der Waals surface area contributed by atoms with Gasteiger partial charge < -0.3 is 220 Å². The standard InChI is InChI=1S/C36H38O21.C22H18O11.C22H18O10.C15H14O6/c1-11-23(41)28(46)30(48)35(53-11)52-10-21-26(44)29(47)33(56-34(49)13-4-16(39)24(42)17(40)5-13)36(55-21)57-32-27(45)22-15(38)8-14(37)9-18(22)54-31(32)12-6-19(50-2)25(43)20(7-12)51-3;23-10-5-12(24)11-7-18(33-22(31)9-3-15(27)20(30)16(28)4-9)21(32-17(11)6-10)8-1-13(25)19(29)14(26)2-8;23-11-6-14(25)12-8-19(32-22(30)10-4-16(27)20(29)17(28)5-10)21(31-18(12)7-11)9-1-2-13(24)15(26)3-9;16-8-4-11(18)9-6-13(20)15(21-14(9)5-8)7-1-2-10(17)12(19)3-7/h4-9,11,21,23,26,28-30,33,35-44,46-48H,10H2,1-3H3;1-6,18,21,23-30H,7H2;1-7,19,21,23-29H,8H2;1-5,13,15-20H,6H2/t11?,21?,23-,26-,28?,29?,30-,33+,35+,36+;18-,21-;19-,21+;13-,15+/m0100/s1. The van der Waals surface area contributed by atoms with E-state index < -0.39 is 242 Å². The van der Waals surface area contributed by atoms with Crippen molar-refractivity contribution in [1.29, 1.82) is 0 Å². The van der Waals surface area contributed by atoms with Crippen LogP contribution in [0.15, 0.2) is 155 Å². The van der Waals surface area contributed by atoms with Crippen molar-refractivity contribution in [3.8, 4) is 190 Å². The number of aliphatic hydroxyl groups is 6. The van der Waals surface area contributed by atoms with Gasteiger partial charge in [-0.2, -0.15) is 0 Å². The maximum atomic E-state index is 14.2. The summed E-state index contributed by atoms with van der Waals surface area (Å²) < 4.78 is 73.1. The highest BCUT2D eigenvalue weighted by molar-refractivity contribution is 5.93. The molecule has 756 valence electrons. The molecule has 16 atom stereocenters. The Balaban J connectivity index is 0.000000161. The van der Waals surface area contributed by atoms with E-state index in [0.717, 1.165) is 60.7 Å². The Labute approximate surface area is 800 Å². The van der Waals surface area contributed by atoms with Crippen LogP contribution in [-0.2, 0) is 47.7 Å². The highest BCUT2D eigenvalue weighted by Crippen LogP contribution is 2.52. The van der Waals surface area contributed by atoms with Gasteiger partial charge in [-0.25, -0.2) is 14.4 Å². The van der Waals surface area contributed by atoms with Crippen LogP contribution < -0.4 is 33.8 Å². The maximum absolute atomic E-state index is 14.2. The van der Waals surface area contributed by atoms with Gasteiger partial charge in [0.05, 0.1) is 49.7 Å². The fraction of sp³-hybridized carbons (Fsp3) is 0.242. The summed E-state index contributed by atoms with van der Waals surface area (Å²) in [6, 6.07) is 26.5. The monoisotopic (exact) mass is 2000 g/mol. The van der Waals surface area contributed by atoms with Gasteiger partial charge in [-0.1, -0.05) is 12.1 Å². The average molecular weight is 2000 g/mol. The van der Waals surface area contributed by atoms with Gasteiger partial charge in [0.15, 0.2) is 134 Å². The minimum absolute atomic E-state index is 0.0461. The van der Waals surface area contributed by atoms with Gasteiger partial charge >= 0.3 is 17.9 Å². The lowest BCUT2D eigenvalue weighted by Crippen LogP contribution is -2.62. The number of phenolic OH excluding ortho intramolecular Hbond substituents is 25. The molecule has 48 nitrogen and oxygen atoms in total. The van der Waals surface area contributed by atoms with Gasteiger partial charge in [-0.15, -0.1) is 0 Å². The number of carbonyl (C=O) groups is 3. The molecule has 0 bridgehead atoms. The zero-order chi connectivity index (χ0) is 104. The van der Waals surface area contributed by atoms with Crippen LogP contribution in [0.5, 0.6) is 178 Å². The molecule has 5 aliphatic heterocycles. The molecule has 2 saturated heterocycles. The second kappa shape index (κ2) is 40.9.